The van der Waals surface area contributed by atoms with Crippen LogP contribution in [0.5, 0.6) is 0 Å². The summed E-state index contributed by atoms with van der Waals surface area (Å²) < 4.78 is 13.4. The van der Waals surface area contributed by atoms with Gasteiger partial charge in [-0.1, -0.05) is 54.6 Å². The molecule has 0 heterocycles. The van der Waals surface area contributed by atoms with Crippen molar-refractivity contribution >= 4 is 5.57 Å². The molecule has 0 aliphatic carbocycles. The van der Waals surface area contributed by atoms with Gasteiger partial charge in [-0.05, 0) is 23.6 Å². The molecule has 0 aliphatic rings. The lowest BCUT2D eigenvalue weighted by Crippen LogP contribution is -1.89. The number of hydrogen-bond acceptors (Lipinski definition) is 1. The van der Waals surface area contributed by atoms with Gasteiger partial charge in [0.1, 0.15) is 5.82 Å². The Morgan fingerprint density at radius 2 is 1.72 bits per heavy atom. The molecule has 0 saturated carbocycles. The number of allylic oxidation sites excluding steroid dienone is 2. The van der Waals surface area contributed by atoms with Crippen molar-refractivity contribution in [3.05, 3.63) is 77.6 Å². The second-order valence-electron chi connectivity index (χ2n) is 3.89. The summed E-state index contributed by atoms with van der Waals surface area (Å²) in [5.41, 5.74) is 2.02. The number of nitrogens with zero attached hydrogens (tertiary/aromatic N) is 1. The number of halogens is 1. The molecule has 2 aromatic carbocycles. The van der Waals surface area contributed by atoms with E-state index in [1.807, 2.05) is 30.3 Å². The van der Waals surface area contributed by atoms with Gasteiger partial charge in [0.25, 0.3) is 0 Å². The molecule has 0 bridgehead atoms. The van der Waals surface area contributed by atoms with E-state index in [1.165, 1.54) is 6.07 Å². The summed E-state index contributed by atoms with van der Waals surface area (Å²) in [6, 6.07) is 18.2. The lowest BCUT2D eigenvalue weighted by molar-refractivity contribution is 0.615. The Bertz CT molecular complexity index is 594. The molecule has 18 heavy (non-hydrogen) atoms. The average Bonchev–Trinajstić information content (AvgIpc) is 2.42. The number of nitriles is 1. The Labute approximate surface area is 106 Å². The summed E-state index contributed by atoms with van der Waals surface area (Å²) in [5, 5.41) is 9.11. The molecule has 0 aliphatic heterocycles. The van der Waals surface area contributed by atoms with E-state index in [9.17, 15) is 4.39 Å². The summed E-state index contributed by atoms with van der Waals surface area (Å²) in [7, 11) is 0. The zero-order valence-electron chi connectivity index (χ0n) is 9.81. The van der Waals surface area contributed by atoms with E-state index in [0.717, 1.165) is 5.56 Å². The topological polar surface area (TPSA) is 23.8 Å². The minimum Gasteiger partial charge on any atom is -0.207 e. The molecule has 0 spiro atoms. The Balaban J connectivity index is 2.23. The van der Waals surface area contributed by atoms with Crippen LogP contribution in [0.3, 0.4) is 0 Å². The van der Waals surface area contributed by atoms with Crippen LogP contribution in [0.4, 0.5) is 4.39 Å². The largest absolute Gasteiger partial charge is 0.207 e. The van der Waals surface area contributed by atoms with Crippen molar-refractivity contribution in [1.29, 1.82) is 5.26 Å². The van der Waals surface area contributed by atoms with E-state index in [4.69, 9.17) is 5.26 Å². The molecule has 0 radical (unpaired) electrons. The van der Waals surface area contributed by atoms with Crippen LogP contribution in [0.15, 0.2) is 60.7 Å². The fourth-order valence-corrected chi connectivity index (χ4v) is 1.72. The summed E-state index contributed by atoms with van der Waals surface area (Å²) >= 11 is 0. The summed E-state index contributed by atoms with van der Waals surface area (Å²) in [6.07, 6.45) is 2.18. The van der Waals surface area contributed by atoms with Crippen molar-refractivity contribution in [2.75, 3.05) is 0 Å². The van der Waals surface area contributed by atoms with E-state index in [0.29, 0.717) is 17.6 Å². The van der Waals surface area contributed by atoms with Gasteiger partial charge in [-0.25, -0.2) is 4.39 Å². The zero-order chi connectivity index (χ0) is 12.8. The van der Waals surface area contributed by atoms with Crippen molar-refractivity contribution in [3.8, 4) is 6.07 Å². The fourth-order valence-electron chi connectivity index (χ4n) is 1.72. The highest BCUT2D eigenvalue weighted by molar-refractivity contribution is 5.76. The zero-order valence-corrected chi connectivity index (χ0v) is 9.81. The maximum Gasteiger partial charge on any atom is 0.126 e. The Morgan fingerprint density at radius 3 is 2.39 bits per heavy atom. The molecule has 0 unspecified atom stereocenters. The van der Waals surface area contributed by atoms with E-state index in [1.54, 1.807) is 24.3 Å². The smallest absolute Gasteiger partial charge is 0.126 e. The molecule has 0 N–H and O–H groups in total. The van der Waals surface area contributed by atoms with Crippen molar-refractivity contribution < 1.29 is 4.39 Å². The lowest BCUT2D eigenvalue weighted by Gasteiger charge is -2.01. The van der Waals surface area contributed by atoms with Crippen molar-refractivity contribution in [2.45, 2.75) is 6.42 Å². The van der Waals surface area contributed by atoms with Gasteiger partial charge in [0, 0.05) is 0 Å². The monoisotopic (exact) mass is 237 g/mol. The minimum atomic E-state index is -0.237. The SMILES string of the molecule is N#C/C(=C\Cc1ccccc1F)c1ccccc1. The first kappa shape index (κ1) is 12.1. The highest BCUT2D eigenvalue weighted by Gasteiger charge is 2.02. The normalized spacial score (nSPS) is 11.0. The third-order valence-electron chi connectivity index (χ3n) is 2.69. The molecule has 2 rings (SSSR count). The third kappa shape index (κ3) is 2.83. The van der Waals surface area contributed by atoms with Gasteiger partial charge < -0.3 is 0 Å². The molecular formula is C16H12FN. The van der Waals surface area contributed by atoms with Gasteiger partial charge >= 0.3 is 0 Å². The van der Waals surface area contributed by atoms with Crippen LogP contribution in [-0.4, -0.2) is 0 Å². The Kier molecular flexibility index (Phi) is 3.88. The van der Waals surface area contributed by atoms with Gasteiger partial charge in [0.05, 0.1) is 11.6 Å². The Morgan fingerprint density at radius 1 is 1.06 bits per heavy atom. The molecule has 2 aromatic rings. The molecule has 1 nitrogen and oxygen atoms in total. The van der Waals surface area contributed by atoms with Crippen LogP contribution in [0.2, 0.25) is 0 Å². The van der Waals surface area contributed by atoms with E-state index in [-0.39, 0.29) is 5.82 Å². The van der Waals surface area contributed by atoms with E-state index < -0.39 is 0 Å². The maximum atomic E-state index is 13.4. The molecule has 0 saturated heterocycles. The molecule has 0 fully saturated rings. The standard InChI is InChI=1S/C16H12FN/c17-16-9-5-4-8-14(16)10-11-15(12-18)13-6-2-1-3-7-13/h1-9,11H,10H2/b15-11+. The Hall–Kier alpha value is -2.40. The lowest BCUT2D eigenvalue weighted by atomic mass is 10.0. The number of benzene rings is 2. The molecule has 0 amide bonds. The van der Waals surface area contributed by atoms with Crippen LogP contribution in [0, 0.1) is 17.1 Å². The van der Waals surface area contributed by atoms with E-state index >= 15 is 0 Å². The van der Waals surface area contributed by atoms with Gasteiger partial charge in [-0.15, -0.1) is 0 Å². The molecule has 88 valence electrons. The van der Waals surface area contributed by atoms with Crippen molar-refractivity contribution in [1.82, 2.24) is 0 Å². The maximum absolute atomic E-state index is 13.4. The molecule has 2 heteroatoms. The summed E-state index contributed by atoms with van der Waals surface area (Å²) in [5.74, 6) is -0.237. The quantitative estimate of drug-likeness (QED) is 0.741. The average molecular weight is 237 g/mol. The number of rotatable bonds is 3. The second-order valence-corrected chi connectivity index (χ2v) is 3.89. The molecule has 0 atom stereocenters. The highest BCUT2D eigenvalue weighted by Crippen LogP contribution is 2.15. The predicted molar refractivity (Wildman–Crippen MR) is 70.1 cm³/mol. The first-order valence-corrected chi connectivity index (χ1v) is 5.70. The minimum absolute atomic E-state index is 0.237. The van der Waals surface area contributed by atoms with E-state index in [2.05, 4.69) is 6.07 Å². The van der Waals surface area contributed by atoms with Gasteiger partial charge in [0.2, 0.25) is 0 Å². The summed E-state index contributed by atoms with van der Waals surface area (Å²) in [6.45, 7) is 0. The first-order valence-electron chi connectivity index (χ1n) is 5.70. The molecule has 0 aromatic heterocycles. The number of hydrogen-bond donors (Lipinski definition) is 0. The van der Waals surface area contributed by atoms with Crippen molar-refractivity contribution in [2.24, 2.45) is 0 Å². The predicted octanol–water partition coefficient (Wildman–Crippen LogP) is 3.98. The fraction of sp³-hybridized carbons (Fsp3) is 0.0625. The van der Waals surface area contributed by atoms with Gasteiger partial charge in [-0.2, -0.15) is 5.26 Å². The highest BCUT2D eigenvalue weighted by atomic mass is 19.1. The van der Waals surface area contributed by atoms with Gasteiger partial charge in [-0.3, -0.25) is 0 Å². The van der Waals surface area contributed by atoms with Crippen LogP contribution >= 0.6 is 0 Å². The van der Waals surface area contributed by atoms with Crippen LogP contribution in [-0.2, 0) is 6.42 Å². The van der Waals surface area contributed by atoms with Crippen LogP contribution < -0.4 is 0 Å². The first-order chi connectivity index (χ1) is 8.81. The van der Waals surface area contributed by atoms with Crippen LogP contribution in [0.1, 0.15) is 11.1 Å². The second kappa shape index (κ2) is 5.79. The third-order valence-corrected chi connectivity index (χ3v) is 2.69. The summed E-state index contributed by atoms with van der Waals surface area (Å²) in [4.78, 5) is 0. The molecular weight excluding hydrogens is 225 g/mol. The van der Waals surface area contributed by atoms with Gasteiger partial charge in [0.15, 0.2) is 0 Å². The van der Waals surface area contributed by atoms with Crippen molar-refractivity contribution in [3.63, 3.8) is 0 Å². The van der Waals surface area contributed by atoms with Crippen LogP contribution in [0.25, 0.3) is 5.57 Å².